The third-order valence-electron chi connectivity index (χ3n) is 5.07. The van der Waals surface area contributed by atoms with Crippen LogP contribution < -0.4 is 4.74 Å². The van der Waals surface area contributed by atoms with Gasteiger partial charge in [-0.1, -0.05) is 18.2 Å². The van der Waals surface area contributed by atoms with E-state index in [1.807, 2.05) is 48.7 Å². The van der Waals surface area contributed by atoms with Crippen LogP contribution in [0.4, 0.5) is 0 Å². The fraction of sp³-hybridized carbons (Fsp3) is 0.111. The predicted octanol–water partition coefficient (Wildman–Crippen LogP) is 5.07. The molecule has 7 nitrogen and oxygen atoms in total. The van der Waals surface area contributed by atoms with Crippen molar-refractivity contribution >= 4 is 17.8 Å². The Morgan fingerprint density at radius 3 is 2.41 bits per heavy atom. The number of para-hydroxylation sites is 1. The van der Waals surface area contributed by atoms with Gasteiger partial charge in [-0.25, -0.2) is 4.68 Å². The molecule has 170 valence electrons. The largest absolute Gasteiger partial charge is 0.494 e. The van der Waals surface area contributed by atoms with Gasteiger partial charge in [-0.3, -0.25) is 14.6 Å². The minimum Gasteiger partial charge on any atom is -0.494 e. The molecule has 0 unspecified atom stereocenters. The first kappa shape index (κ1) is 22.7. The van der Waals surface area contributed by atoms with Crippen LogP contribution in [0.15, 0.2) is 91.4 Å². The molecule has 7 heteroatoms. The van der Waals surface area contributed by atoms with E-state index in [1.165, 1.54) is 6.08 Å². The van der Waals surface area contributed by atoms with Crippen LogP contribution in [0.3, 0.4) is 0 Å². The number of rotatable bonds is 10. The van der Waals surface area contributed by atoms with Gasteiger partial charge in [-0.2, -0.15) is 5.10 Å². The van der Waals surface area contributed by atoms with Crippen LogP contribution in [-0.2, 0) is 4.79 Å². The van der Waals surface area contributed by atoms with Crippen molar-refractivity contribution in [2.24, 2.45) is 0 Å². The number of ether oxygens (including phenoxy) is 1. The number of nitrogens with zero attached hydrogens (tertiary/aromatic N) is 3. The van der Waals surface area contributed by atoms with Crippen LogP contribution in [-0.4, -0.2) is 38.2 Å². The third-order valence-corrected chi connectivity index (χ3v) is 5.07. The van der Waals surface area contributed by atoms with Crippen LogP contribution in [0.2, 0.25) is 0 Å². The third kappa shape index (κ3) is 5.83. The Hall–Kier alpha value is -4.52. The highest BCUT2D eigenvalue weighted by molar-refractivity contribution is 6.07. The second-order valence-electron chi connectivity index (χ2n) is 7.52. The average Bonchev–Trinajstić information content (AvgIpc) is 3.31. The standard InChI is InChI=1S/C27H23N3O4/c31-25(20-8-11-24(12-9-20)34-18-4-7-26(32)33)13-10-22-19-30(23-5-2-1-3-6-23)29-27(22)21-14-16-28-17-15-21/h1-3,5-6,8-17,19H,4,7,18H2,(H,32,33)/b13-10+. The summed E-state index contributed by atoms with van der Waals surface area (Å²) in [5.74, 6) is -0.404. The van der Waals surface area contributed by atoms with E-state index in [9.17, 15) is 9.59 Å². The van der Waals surface area contributed by atoms with Crippen molar-refractivity contribution in [2.75, 3.05) is 6.61 Å². The number of pyridine rings is 1. The van der Waals surface area contributed by atoms with E-state index < -0.39 is 5.97 Å². The first-order chi connectivity index (χ1) is 16.6. The molecule has 1 N–H and O–H groups in total. The molecule has 2 aromatic carbocycles. The molecule has 34 heavy (non-hydrogen) atoms. The number of ketones is 1. The zero-order valence-corrected chi connectivity index (χ0v) is 18.4. The fourth-order valence-electron chi connectivity index (χ4n) is 3.35. The summed E-state index contributed by atoms with van der Waals surface area (Å²) < 4.78 is 7.31. The van der Waals surface area contributed by atoms with Crippen LogP contribution in [0.1, 0.15) is 28.8 Å². The fourth-order valence-corrected chi connectivity index (χ4v) is 3.35. The van der Waals surface area contributed by atoms with Gasteiger partial charge in [0, 0.05) is 41.7 Å². The van der Waals surface area contributed by atoms with Crippen molar-refractivity contribution in [3.8, 4) is 22.7 Å². The number of carbonyl (C=O) groups is 2. The molecule has 4 rings (SSSR count). The molecule has 0 atom stereocenters. The van der Waals surface area contributed by atoms with Crippen LogP contribution in [0.5, 0.6) is 5.75 Å². The molecule has 4 aromatic rings. The van der Waals surface area contributed by atoms with Crippen molar-refractivity contribution in [3.63, 3.8) is 0 Å². The zero-order valence-electron chi connectivity index (χ0n) is 18.4. The smallest absolute Gasteiger partial charge is 0.303 e. The van der Waals surface area contributed by atoms with E-state index in [0.29, 0.717) is 24.3 Å². The molecular formula is C27H23N3O4. The second kappa shape index (κ2) is 10.9. The molecule has 2 aromatic heterocycles. The van der Waals surface area contributed by atoms with Gasteiger partial charge < -0.3 is 9.84 Å². The highest BCUT2D eigenvalue weighted by Crippen LogP contribution is 2.24. The molecule has 0 saturated carbocycles. The molecule has 0 aliphatic rings. The maximum Gasteiger partial charge on any atom is 0.303 e. The van der Waals surface area contributed by atoms with Gasteiger partial charge in [0.05, 0.1) is 12.3 Å². The number of benzene rings is 2. The summed E-state index contributed by atoms with van der Waals surface area (Å²) in [7, 11) is 0. The van der Waals surface area contributed by atoms with E-state index >= 15 is 0 Å². The van der Waals surface area contributed by atoms with Crippen molar-refractivity contribution in [1.29, 1.82) is 0 Å². The molecule has 0 amide bonds. The van der Waals surface area contributed by atoms with Crippen LogP contribution in [0.25, 0.3) is 23.0 Å². The summed E-state index contributed by atoms with van der Waals surface area (Å²) in [6.45, 7) is 0.308. The Labute approximate surface area is 197 Å². The summed E-state index contributed by atoms with van der Waals surface area (Å²) in [5, 5.41) is 13.4. The summed E-state index contributed by atoms with van der Waals surface area (Å²) in [5.41, 5.74) is 3.90. The van der Waals surface area contributed by atoms with Crippen LogP contribution >= 0.6 is 0 Å². The van der Waals surface area contributed by atoms with Gasteiger partial charge in [-0.05, 0) is 67.1 Å². The van der Waals surface area contributed by atoms with E-state index in [4.69, 9.17) is 14.9 Å². The molecule has 0 fully saturated rings. The number of aliphatic carboxylic acids is 1. The molecule has 2 heterocycles. The van der Waals surface area contributed by atoms with Gasteiger partial charge in [0.15, 0.2) is 5.78 Å². The van der Waals surface area contributed by atoms with Crippen LogP contribution in [0, 0.1) is 0 Å². The SMILES string of the molecule is O=C(O)CCCOc1ccc(C(=O)/C=C/c2cn(-c3ccccc3)nc2-c2ccncc2)cc1. The number of hydrogen-bond donors (Lipinski definition) is 1. The quantitative estimate of drug-likeness (QED) is 0.205. The summed E-state index contributed by atoms with van der Waals surface area (Å²) >= 11 is 0. The first-order valence-corrected chi connectivity index (χ1v) is 10.8. The number of hydrogen-bond acceptors (Lipinski definition) is 5. The topological polar surface area (TPSA) is 94.3 Å². The monoisotopic (exact) mass is 453 g/mol. The Bertz CT molecular complexity index is 1280. The summed E-state index contributed by atoms with van der Waals surface area (Å²) in [4.78, 5) is 27.4. The Balaban J connectivity index is 1.51. The van der Waals surface area contributed by atoms with Crippen molar-refractivity contribution in [3.05, 3.63) is 103 Å². The zero-order chi connectivity index (χ0) is 23.8. The van der Waals surface area contributed by atoms with Gasteiger partial charge in [0.25, 0.3) is 0 Å². The summed E-state index contributed by atoms with van der Waals surface area (Å²) in [6.07, 6.45) is 9.09. The first-order valence-electron chi connectivity index (χ1n) is 10.8. The predicted molar refractivity (Wildman–Crippen MR) is 129 cm³/mol. The van der Waals surface area contributed by atoms with E-state index in [2.05, 4.69) is 4.98 Å². The van der Waals surface area contributed by atoms with Crippen molar-refractivity contribution in [1.82, 2.24) is 14.8 Å². The minimum absolute atomic E-state index is 0.0592. The second-order valence-corrected chi connectivity index (χ2v) is 7.52. The maximum absolute atomic E-state index is 12.8. The van der Waals surface area contributed by atoms with Gasteiger partial charge >= 0.3 is 5.97 Å². The molecule has 0 spiro atoms. The lowest BCUT2D eigenvalue weighted by atomic mass is 10.1. The normalized spacial score (nSPS) is 10.9. The van der Waals surface area contributed by atoms with E-state index in [0.717, 1.165) is 22.5 Å². The lowest BCUT2D eigenvalue weighted by Crippen LogP contribution is -2.02. The number of allylic oxidation sites excluding steroid dienone is 1. The lowest BCUT2D eigenvalue weighted by Gasteiger charge is -2.05. The molecule has 0 radical (unpaired) electrons. The average molecular weight is 453 g/mol. The minimum atomic E-state index is -0.849. The number of carbonyl (C=O) groups excluding carboxylic acids is 1. The van der Waals surface area contributed by atoms with Gasteiger partial charge in [0.2, 0.25) is 0 Å². The number of carboxylic acids is 1. The molecular weight excluding hydrogens is 430 g/mol. The maximum atomic E-state index is 12.8. The van der Waals surface area contributed by atoms with Gasteiger partial charge in [0.1, 0.15) is 11.4 Å². The lowest BCUT2D eigenvalue weighted by molar-refractivity contribution is -0.137. The molecule has 0 saturated heterocycles. The molecule has 0 aliphatic carbocycles. The van der Waals surface area contributed by atoms with E-state index in [1.54, 1.807) is 47.4 Å². The van der Waals surface area contributed by atoms with E-state index in [-0.39, 0.29) is 12.2 Å². The van der Waals surface area contributed by atoms with Gasteiger partial charge in [-0.15, -0.1) is 0 Å². The Kier molecular flexibility index (Phi) is 7.25. The number of aromatic nitrogens is 3. The van der Waals surface area contributed by atoms with Crippen molar-refractivity contribution in [2.45, 2.75) is 12.8 Å². The highest BCUT2D eigenvalue weighted by atomic mass is 16.5. The highest BCUT2D eigenvalue weighted by Gasteiger charge is 2.11. The number of carboxylic acid groups (broad SMARTS) is 1. The molecule has 0 bridgehead atoms. The Morgan fingerprint density at radius 2 is 1.71 bits per heavy atom. The molecule has 0 aliphatic heterocycles. The van der Waals surface area contributed by atoms with Crippen molar-refractivity contribution < 1.29 is 19.4 Å². The Morgan fingerprint density at radius 1 is 0.971 bits per heavy atom. The summed E-state index contributed by atoms with van der Waals surface area (Å²) in [6, 6.07) is 20.3.